The van der Waals surface area contributed by atoms with Gasteiger partial charge in [0.25, 0.3) is 5.91 Å². The van der Waals surface area contributed by atoms with Crippen LogP contribution >= 0.6 is 15.9 Å². The van der Waals surface area contributed by atoms with Crippen molar-refractivity contribution in [2.45, 2.75) is 13.3 Å². The standard InChI is InChI=1S/C13H17BrFNO3/c1-2-18-7-3-6-16-13(17)9-19-12-5-4-10(14)8-11(12)15/h4-5,8H,2-3,6-7,9H2,1H3,(H,16,17). The minimum absolute atomic E-state index is 0.0627. The average molecular weight is 334 g/mol. The molecule has 0 heterocycles. The molecule has 1 amide bonds. The van der Waals surface area contributed by atoms with Crippen molar-refractivity contribution in [3.63, 3.8) is 0 Å². The van der Waals surface area contributed by atoms with Crippen molar-refractivity contribution < 1.29 is 18.7 Å². The predicted octanol–water partition coefficient (Wildman–Crippen LogP) is 2.51. The summed E-state index contributed by atoms with van der Waals surface area (Å²) >= 11 is 3.14. The van der Waals surface area contributed by atoms with Crippen LogP contribution in [0.25, 0.3) is 0 Å². The van der Waals surface area contributed by atoms with Crippen LogP contribution in [-0.4, -0.2) is 32.3 Å². The third-order valence-electron chi connectivity index (χ3n) is 2.24. The number of hydrogen-bond acceptors (Lipinski definition) is 3. The fourth-order valence-electron chi connectivity index (χ4n) is 1.33. The Morgan fingerprint density at radius 3 is 2.95 bits per heavy atom. The molecule has 0 aliphatic carbocycles. The van der Waals surface area contributed by atoms with Crippen molar-refractivity contribution in [3.05, 3.63) is 28.5 Å². The van der Waals surface area contributed by atoms with Gasteiger partial charge < -0.3 is 14.8 Å². The lowest BCUT2D eigenvalue weighted by Gasteiger charge is -2.08. The summed E-state index contributed by atoms with van der Waals surface area (Å²) in [5, 5.41) is 2.67. The van der Waals surface area contributed by atoms with Gasteiger partial charge in [0.1, 0.15) is 0 Å². The summed E-state index contributed by atoms with van der Waals surface area (Å²) < 4.78 is 24.2. The molecule has 0 radical (unpaired) electrons. The van der Waals surface area contributed by atoms with Gasteiger partial charge >= 0.3 is 0 Å². The molecule has 1 N–H and O–H groups in total. The van der Waals surface area contributed by atoms with Crippen LogP contribution < -0.4 is 10.1 Å². The molecule has 0 aliphatic heterocycles. The van der Waals surface area contributed by atoms with Crippen molar-refractivity contribution >= 4 is 21.8 Å². The zero-order valence-corrected chi connectivity index (χ0v) is 12.3. The highest BCUT2D eigenvalue weighted by molar-refractivity contribution is 9.10. The summed E-state index contributed by atoms with van der Waals surface area (Å²) in [7, 11) is 0. The van der Waals surface area contributed by atoms with Crippen LogP contribution in [0.3, 0.4) is 0 Å². The summed E-state index contributed by atoms with van der Waals surface area (Å²) in [4.78, 5) is 11.4. The van der Waals surface area contributed by atoms with E-state index in [1.54, 1.807) is 6.07 Å². The molecule has 0 atom stereocenters. The van der Waals surface area contributed by atoms with Gasteiger partial charge in [-0.2, -0.15) is 0 Å². The minimum Gasteiger partial charge on any atom is -0.481 e. The molecule has 0 aliphatic rings. The molecule has 0 saturated heterocycles. The molecular weight excluding hydrogens is 317 g/mol. The molecule has 0 spiro atoms. The number of halogens is 2. The highest BCUT2D eigenvalue weighted by atomic mass is 79.9. The average Bonchev–Trinajstić information content (AvgIpc) is 2.37. The zero-order valence-electron chi connectivity index (χ0n) is 10.7. The quantitative estimate of drug-likeness (QED) is 0.743. The second-order valence-corrected chi connectivity index (χ2v) is 4.68. The van der Waals surface area contributed by atoms with E-state index in [1.165, 1.54) is 12.1 Å². The van der Waals surface area contributed by atoms with Gasteiger partial charge in [-0.3, -0.25) is 4.79 Å². The second kappa shape index (κ2) is 8.87. The monoisotopic (exact) mass is 333 g/mol. The van der Waals surface area contributed by atoms with Crippen molar-refractivity contribution in [2.24, 2.45) is 0 Å². The smallest absolute Gasteiger partial charge is 0.257 e. The van der Waals surface area contributed by atoms with Crippen LogP contribution in [0.2, 0.25) is 0 Å². The lowest BCUT2D eigenvalue weighted by atomic mass is 10.3. The van der Waals surface area contributed by atoms with E-state index in [-0.39, 0.29) is 18.3 Å². The van der Waals surface area contributed by atoms with Crippen LogP contribution in [0.15, 0.2) is 22.7 Å². The van der Waals surface area contributed by atoms with E-state index in [2.05, 4.69) is 21.2 Å². The molecule has 4 nitrogen and oxygen atoms in total. The van der Waals surface area contributed by atoms with Gasteiger partial charge in [-0.15, -0.1) is 0 Å². The van der Waals surface area contributed by atoms with Crippen molar-refractivity contribution in [1.82, 2.24) is 5.32 Å². The van der Waals surface area contributed by atoms with E-state index in [4.69, 9.17) is 9.47 Å². The predicted molar refractivity (Wildman–Crippen MR) is 73.7 cm³/mol. The Labute approximate surface area is 120 Å². The maximum Gasteiger partial charge on any atom is 0.257 e. The van der Waals surface area contributed by atoms with E-state index < -0.39 is 5.82 Å². The first kappa shape index (κ1) is 15.9. The third-order valence-corrected chi connectivity index (χ3v) is 2.74. The lowest BCUT2D eigenvalue weighted by Crippen LogP contribution is -2.30. The highest BCUT2D eigenvalue weighted by Gasteiger charge is 2.06. The topological polar surface area (TPSA) is 47.6 Å². The summed E-state index contributed by atoms with van der Waals surface area (Å²) in [5.74, 6) is -0.718. The number of benzene rings is 1. The largest absolute Gasteiger partial charge is 0.481 e. The Hall–Kier alpha value is -1.14. The summed E-state index contributed by atoms with van der Waals surface area (Å²) in [5.41, 5.74) is 0. The molecule has 1 rings (SSSR count). The first-order chi connectivity index (χ1) is 9.13. The zero-order chi connectivity index (χ0) is 14.1. The van der Waals surface area contributed by atoms with E-state index in [1.807, 2.05) is 6.92 Å². The number of ether oxygens (including phenoxy) is 2. The van der Waals surface area contributed by atoms with E-state index in [0.29, 0.717) is 24.2 Å². The highest BCUT2D eigenvalue weighted by Crippen LogP contribution is 2.21. The molecular formula is C13H17BrFNO3. The Kier molecular flexibility index (Phi) is 7.43. The van der Waals surface area contributed by atoms with Gasteiger partial charge in [0, 0.05) is 24.2 Å². The van der Waals surface area contributed by atoms with Crippen molar-refractivity contribution in [1.29, 1.82) is 0 Å². The molecule has 0 fully saturated rings. The number of hydrogen-bond donors (Lipinski definition) is 1. The maximum atomic E-state index is 13.4. The van der Waals surface area contributed by atoms with Crippen LogP contribution in [-0.2, 0) is 9.53 Å². The van der Waals surface area contributed by atoms with E-state index >= 15 is 0 Å². The molecule has 19 heavy (non-hydrogen) atoms. The molecule has 0 bridgehead atoms. The second-order valence-electron chi connectivity index (χ2n) is 3.76. The van der Waals surface area contributed by atoms with Gasteiger partial charge in [0.15, 0.2) is 18.2 Å². The van der Waals surface area contributed by atoms with E-state index in [9.17, 15) is 9.18 Å². The normalized spacial score (nSPS) is 10.3. The number of carbonyl (C=O) groups is 1. The number of nitrogens with one attached hydrogen (secondary N) is 1. The fraction of sp³-hybridized carbons (Fsp3) is 0.462. The summed E-state index contributed by atoms with van der Waals surface area (Å²) in [6.07, 6.45) is 0.742. The van der Waals surface area contributed by atoms with Gasteiger partial charge in [-0.1, -0.05) is 15.9 Å². The van der Waals surface area contributed by atoms with E-state index in [0.717, 1.165) is 6.42 Å². The van der Waals surface area contributed by atoms with Crippen molar-refractivity contribution in [3.8, 4) is 5.75 Å². The Morgan fingerprint density at radius 1 is 1.47 bits per heavy atom. The van der Waals surface area contributed by atoms with Crippen LogP contribution in [0.4, 0.5) is 4.39 Å². The number of carbonyl (C=O) groups excluding carboxylic acids is 1. The van der Waals surface area contributed by atoms with Gasteiger partial charge in [0.05, 0.1) is 0 Å². The Morgan fingerprint density at radius 2 is 2.26 bits per heavy atom. The lowest BCUT2D eigenvalue weighted by molar-refractivity contribution is -0.123. The molecule has 1 aromatic rings. The molecule has 106 valence electrons. The first-order valence-electron chi connectivity index (χ1n) is 6.05. The molecule has 0 unspecified atom stereocenters. The first-order valence-corrected chi connectivity index (χ1v) is 6.85. The van der Waals surface area contributed by atoms with Crippen LogP contribution in [0.1, 0.15) is 13.3 Å². The van der Waals surface area contributed by atoms with Gasteiger partial charge in [0.2, 0.25) is 0 Å². The number of amides is 1. The fourth-order valence-corrected chi connectivity index (χ4v) is 1.67. The van der Waals surface area contributed by atoms with Crippen LogP contribution in [0, 0.1) is 5.82 Å². The van der Waals surface area contributed by atoms with Gasteiger partial charge in [-0.05, 0) is 31.5 Å². The van der Waals surface area contributed by atoms with Crippen molar-refractivity contribution in [2.75, 3.05) is 26.4 Å². The molecule has 6 heteroatoms. The minimum atomic E-state index is -0.501. The SMILES string of the molecule is CCOCCCNC(=O)COc1ccc(Br)cc1F. The maximum absolute atomic E-state index is 13.4. The Bertz CT molecular complexity index is 415. The van der Waals surface area contributed by atoms with Crippen LogP contribution in [0.5, 0.6) is 5.75 Å². The summed E-state index contributed by atoms with van der Waals surface area (Å²) in [6.45, 7) is 3.51. The Balaban J connectivity index is 2.22. The molecule has 0 aromatic heterocycles. The molecule has 0 saturated carbocycles. The van der Waals surface area contributed by atoms with Gasteiger partial charge in [-0.25, -0.2) is 4.39 Å². The summed E-state index contributed by atoms with van der Waals surface area (Å²) in [6, 6.07) is 4.41. The number of rotatable bonds is 8. The molecule has 1 aromatic carbocycles. The third kappa shape index (κ3) is 6.54.